The lowest BCUT2D eigenvalue weighted by Gasteiger charge is -2.09. The van der Waals surface area contributed by atoms with E-state index >= 15 is 0 Å². The zero-order valence-corrected chi connectivity index (χ0v) is 12.5. The summed E-state index contributed by atoms with van der Waals surface area (Å²) in [4.78, 5) is 4.56. The molecular weight excluding hydrogens is 260 g/mol. The molecule has 0 saturated carbocycles. The average molecular weight is 280 g/mol. The van der Waals surface area contributed by atoms with Gasteiger partial charge in [0.05, 0.1) is 11.0 Å². The number of nitrogens with zero attached hydrogens (tertiary/aromatic N) is 2. The van der Waals surface area contributed by atoms with E-state index in [-0.39, 0.29) is 6.61 Å². The number of fused-ring (bicyclic) bond motifs is 1. The normalized spacial score (nSPS) is 11.2. The Bertz CT molecular complexity index is 760. The molecule has 21 heavy (non-hydrogen) atoms. The first kappa shape index (κ1) is 13.8. The Morgan fingerprint density at radius 1 is 1.05 bits per heavy atom. The number of aliphatic hydroxyl groups is 1. The van der Waals surface area contributed by atoms with E-state index in [0.717, 1.165) is 29.8 Å². The molecule has 0 bridgehead atoms. The zero-order valence-electron chi connectivity index (χ0n) is 12.5. The fourth-order valence-electron chi connectivity index (χ4n) is 2.69. The molecule has 0 saturated heterocycles. The van der Waals surface area contributed by atoms with Gasteiger partial charge < -0.3 is 9.67 Å². The first-order chi connectivity index (χ1) is 10.2. The van der Waals surface area contributed by atoms with Gasteiger partial charge in [0.25, 0.3) is 0 Å². The number of hydrogen-bond acceptors (Lipinski definition) is 2. The van der Waals surface area contributed by atoms with Gasteiger partial charge in [-0.05, 0) is 49.1 Å². The standard InChI is InChI=1S/C18H20N2O/c1-13-10-16-17(11-14(13)2)20(18(12-21)19-16)9-8-15-6-4-3-5-7-15/h3-7,10-11,21H,8-9,12H2,1-2H3. The first-order valence-electron chi connectivity index (χ1n) is 7.30. The fourth-order valence-corrected chi connectivity index (χ4v) is 2.69. The lowest BCUT2D eigenvalue weighted by Crippen LogP contribution is -2.06. The van der Waals surface area contributed by atoms with Crippen molar-refractivity contribution in [3.63, 3.8) is 0 Å². The monoisotopic (exact) mass is 280 g/mol. The molecule has 3 heteroatoms. The summed E-state index contributed by atoms with van der Waals surface area (Å²) in [6, 6.07) is 14.7. The van der Waals surface area contributed by atoms with Gasteiger partial charge in [-0.3, -0.25) is 0 Å². The number of aromatic nitrogens is 2. The number of imidazole rings is 1. The van der Waals surface area contributed by atoms with E-state index in [9.17, 15) is 5.11 Å². The number of aryl methyl sites for hydroxylation is 4. The molecule has 1 heterocycles. The summed E-state index contributed by atoms with van der Waals surface area (Å²) in [5, 5.41) is 9.57. The Kier molecular flexibility index (Phi) is 3.76. The molecule has 0 aliphatic heterocycles. The molecule has 2 aromatic carbocycles. The lowest BCUT2D eigenvalue weighted by molar-refractivity contribution is 0.266. The van der Waals surface area contributed by atoms with Gasteiger partial charge >= 0.3 is 0 Å². The maximum Gasteiger partial charge on any atom is 0.135 e. The number of aliphatic hydroxyl groups excluding tert-OH is 1. The van der Waals surface area contributed by atoms with E-state index in [4.69, 9.17) is 0 Å². The van der Waals surface area contributed by atoms with Gasteiger partial charge in [0.15, 0.2) is 0 Å². The molecule has 0 fully saturated rings. The fraction of sp³-hybridized carbons (Fsp3) is 0.278. The van der Waals surface area contributed by atoms with Gasteiger partial charge in [-0.1, -0.05) is 30.3 Å². The topological polar surface area (TPSA) is 38.1 Å². The highest BCUT2D eigenvalue weighted by atomic mass is 16.3. The Hall–Kier alpha value is -2.13. The summed E-state index contributed by atoms with van der Waals surface area (Å²) < 4.78 is 2.13. The maximum absolute atomic E-state index is 9.57. The van der Waals surface area contributed by atoms with Crippen molar-refractivity contribution < 1.29 is 5.11 Å². The van der Waals surface area contributed by atoms with E-state index in [1.54, 1.807) is 0 Å². The van der Waals surface area contributed by atoms with Crippen molar-refractivity contribution in [1.29, 1.82) is 0 Å². The molecule has 0 unspecified atom stereocenters. The van der Waals surface area contributed by atoms with Crippen LogP contribution in [0.3, 0.4) is 0 Å². The van der Waals surface area contributed by atoms with Crippen LogP contribution in [0, 0.1) is 13.8 Å². The summed E-state index contributed by atoms with van der Waals surface area (Å²) in [5.74, 6) is 0.742. The molecular formula is C18H20N2O. The zero-order chi connectivity index (χ0) is 14.8. The number of benzene rings is 2. The minimum absolute atomic E-state index is 0.0262. The van der Waals surface area contributed by atoms with E-state index in [1.807, 2.05) is 6.07 Å². The van der Waals surface area contributed by atoms with Gasteiger partial charge in [-0.15, -0.1) is 0 Å². The predicted molar refractivity (Wildman–Crippen MR) is 85.3 cm³/mol. The summed E-state index contributed by atoms with van der Waals surface area (Å²) >= 11 is 0. The molecule has 0 radical (unpaired) electrons. The SMILES string of the molecule is Cc1cc2nc(CO)n(CCc3ccccc3)c2cc1C. The summed E-state index contributed by atoms with van der Waals surface area (Å²) in [5.41, 5.74) is 5.87. The van der Waals surface area contributed by atoms with Crippen molar-refractivity contribution in [2.24, 2.45) is 0 Å². The van der Waals surface area contributed by atoms with Crippen LogP contribution in [0.2, 0.25) is 0 Å². The minimum Gasteiger partial charge on any atom is -0.388 e. The molecule has 1 aromatic heterocycles. The largest absolute Gasteiger partial charge is 0.388 e. The molecule has 3 nitrogen and oxygen atoms in total. The van der Waals surface area contributed by atoms with Crippen LogP contribution < -0.4 is 0 Å². The molecule has 1 N–H and O–H groups in total. The van der Waals surface area contributed by atoms with Gasteiger partial charge in [-0.2, -0.15) is 0 Å². The van der Waals surface area contributed by atoms with Crippen molar-refractivity contribution in [3.05, 3.63) is 65.0 Å². The third-order valence-corrected chi connectivity index (χ3v) is 4.05. The van der Waals surface area contributed by atoms with Crippen molar-refractivity contribution in [2.45, 2.75) is 33.4 Å². The van der Waals surface area contributed by atoms with Crippen LogP contribution in [0.5, 0.6) is 0 Å². The van der Waals surface area contributed by atoms with Crippen molar-refractivity contribution in [2.75, 3.05) is 0 Å². The smallest absolute Gasteiger partial charge is 0.135 e. The van der Waals surface area contributed by atoms with Crippen molar-refractivity contribution in [3.8, 4) is 0 Å². The summed E-state index contributed by atoms with van der Waals surface area (Å²) in [6.07, 6.45) is 0.937. The predicted octanol–water partition coefficient (Wildman–Crippen LogP) is 3.39. The summed E-state index contributed by atoms with van der Waals surface area (Å²) in [6.45, 7) is 5.01. The van der Waals surface area contributed by atoms with Crippen molar-refractivity contribution in [1.82, 2.24) is 9.55 Å². The minimum atomic E-state index is -0.0262. The van der Waals surface area contributed by atoms with Crippen LogP contribution in [0.15, 0.2) is 42.5 Å². The molecule has 3 aromatic rings. The highest BCUT2D eigenvalue weighted by molar-refractivity contribution is 5.78. The van der Waals surface area contributed by atoms with E-state index in [1.165, 1.54) is 16.7 Å². The summed E-state index contributed by atoms with van der Waals surface area (Å²) in [7, 11) is 0. The van der Waals surface area contributed by atoms with E-state index < -0.39 is 0 Å². The molecule has 0 amide bonds. The number of rotatable bonds is 4. The van der Waals surface area contributed by atoms with Crippen LogP contribution in [-0.4, -0.2) is 14.7 Å². The third-order valence-electron chi connectivity index (χ3n) is 4.05. The van der Waals surface area contributed by atoms with E-state index in [0.29, 0.717) is 0 Å². The van der Waals surface area contributed by atoms with Crippen LogP contribution in [0.25, 0.3) is 11.0 Å². The molecule has 0 atom stereocenters. The van der Waals surface area contributed by atoms with Crippen LogP contribution in [0.4, 0.5) is 0 Å². The second-order valence-electron chi connectivity index (χ2n) is 5.50. The molecule has 3 rings (SSSR count). The Morgan fingerprint density at radius 2 is 1.76 bits per heavy atom. The first-order valence-corrected chi connectivity index (χ1v) is 7.30. The lowest BCUT2D eigenvalue weighted by atomic mass is 10.1. The second kappa shape index (κ2) is 5.70. The van der Waals surface area contributed by atoms with Gasteiger partial charge in [0.2, 0.25) is 0 Å². The second-order valence-corrected chi connectivity index (χ2v) is 5.50. The third kappa shape index (κ3) is 2.69. The average Bonchev–Trinajstić information content (AvgIpc) is 2.83. The Labute approximate surface area is 124 Å². The quantitative estimate of drug-likeness (QED) is 0.795. The van der Waals surface area contributed by atoms with Crippen LogP contribution in [0.1, 0.15) is 22.5 Å². The Balaban J connectivity index is 1.98. The molecule has 0 aliphatic carbocycles. The molecule has 0 aliphatic rings. The van der Waals surface area contributed by atoms with Crippen LogP contribution in [-0.2, 0) is 19.6 Å². The number of hydrogen-bond donors (Lipinski definition) is 1. The van der Waals surface area contributed by atoms with Crippen LogP contribution >= 0.6 is 0 Å². The van der Waals surface area contributed by atoms with Gasteiger partial charge in [0.1, 0.15) is 12.4 Å². The Morgan fingerprint density at radius 3 is 2.48 bits per heavy atom. The van der Waals surface area contributed by atoms with Gasteiger partial charge in [-0.25, -0.2) is 4.98 Å². The highest BCUT2D eigenvalue weighted by Gasteiger charge is 2.11. The van der Waals surface area contributed by atoms with Gasteiger partial charge in [0, 0.05) is 6.54 Å². The van der Waals surface area contributed by atoms with Crippen molar-refractivity contribution >= 4 is 11.0 Å². The van der Waals surface area contributed by atoms with E-state index in [2.05, 4.69) is 59.8 Å². The molecule has 108 valence electrons. The highest BCUT2D eigenvalue weighted by Crippen LogP contribution is 2.21. The molecule has 0 spiro atoms. The maximum atomic E-state index is 9.57.